The monoisotopic (exact) mass is 334 g/mol. The lowest BCUT2D eigenvalue weighted by molar-refractivity contribution is 0.579. The third-order valence-electron chi connectivity index (χ3n) is 2.69. The number of hydrogen-bond acceptors (Lipinski definition) is 5. The number of rotatable bonds is 5. The van der Waals surface area contributed by atoms with Gasteiger partial charge in [0.2, 0.25) is 10.0 Å². The summed E-state index contributed by atoms with van der Waals surface area (Å²) in [7, 11) is -3.70. The van der Waals surface area contributed by atoms with Crippen LogP contribution in [0.5, 0.6) is 0 Å². The van der Waals surface area contributed by atoms with Gasteiger partial charge in [-0.15, -0.1) is 12.4 Å². The van der Waals surface area contributed by atoms with Gasteiger partial charge in [0.25, 0.3) is 5.56 Å². The summed E-state index contributed by atoms with van der Waals surface area (Å²) in [5, 5.41) is 0.103. The third kappa shape index (κ3) is 3.91. The molecule has 0 unspecified atom stereocenters. The van der Waals surface area contributed by atoms with E-state index in [1.54, 1.807) is 0 Å². The van der Waals surface area contributed by atoms with Crippen molar-refractivity contribution in [2.45, 2.75) is 11.3 Å². The predicted octanol–water partition coefficient (Wildman–Crippen LogP) is -0.735. The zero-order valence-electron chi connectivity index (χ0n) is 10.9. The van der Waals surface area contributed by atoms with Gasteiger partial charge >= 0.3 is 5.69 Å². The van der Waals surface area contributed by atoms with Crippen molar-refractivity contribution in [1.29, 1.82) is 0 Å². The van der Waals surface area contributed by atoms with Gasteiger partial charge in [-0.25, -0.2) is 17.9 Å². The molecule has 0 saturated carbocycles. The molecule has 0 aliphatic rings. The molecule has 21 heavy (non-hydrogen) atoms. The molecule has 0 radical (unpaired) electrons. The molecule has 2 rings (SSSR count). The highest BCUT2D eigenvalue weighted by atomic mass is 35.5. The van der Waals surface area contributed by atoms with Crippen molar-refractivity contribution in [3.63, 3.8) is 0 Å². The maximum absolute atomic E-state index is 12.0. The van der Waals surface area contributed by atoms with E-state index in [0.29, 0.717) is 13.0 Å². The van der Waals surface area contributed by atoms with Crippen LogP contribution in [0.1, 0.15) is 6.42 Å². The second-order valence-electron chi connectivity index (χ2n) is 4.16. The summed E-state index contributed by atoms with van der Waals surface area (Å²) in [5.41, 5.74) is 4.29. The minimum atomic E-state index is -3.70. The van der Waals surface area contributed by atoms with Crippen LogP contribution >= 0.6 is 12.4 Å². The van der Waals surface area contributed by atoms with Gasteiger partial charge in [-0.3, -0.25) is 9.78 Å². The molecule has 0 aliphatic heterocycles. The largest absolute Gasteiger partial charge is 0.330 e. The Balaban J connectivity index is 0.00000220. The molecular weight excluding hydrogens is 320 g/mol. The molecule has 0 spiro atoms. The van der Waals surface area contributed by atoms with Crippen LogP contribution in [0.3, 0.4) is 0 Å². The number of aromatic nitrogens is 2. The van der Waals surface area contributed by atoms with Crippen LogP contribution in [0.15, 0.2) is 32.7 Å². The van der Waals surface area contributed by atoms with Crippen molar-refractivity contribution in [2.24, 2.45) is 5.73 Å². The van der Waals surface area contributed by atoms with Gasteiger partial charge in [-0.05, 0) is 31.2 Å². The van der Waals surface area contributed by atoms with Crippen molar-refractivity contribution < 1.29 is 8.42 Å². The maximum Gasteiger partial charge on any atom is 0.326 e. The van der Waals surface area contributed by atoms with Crippen molar-refractivity contribution in [2.75, 3.05) is 13.1 Å². The van der Waals surface area contributed by atoms with Crippen molar-refractivity contribution in [1.82, 2.24) is 14.7 Å². The Morgan fingerprint density at radius 3 is 2.57 bits per heavy atom. The van der Waals surface area contributed by atoms with E-state index in [9.17, 15) is 18.0 Å². The van der Waals surface area contributed by atoms with E-state index in [4.69, 9.17) is 5.73 Å². The lowest BCUT2D eigenvalue weighted by atomic mass is 10.2. The zero-order valence-corrected chi connectivity index (χ0v) is 12.5. The Labute approximate surface area is 126 Å². The molecule has 5 N–H and O–H groups in total. The standard InChI is InChI=1S/C11H14N4O4S.ClH/c12-4-1-5-13-20(18,19)7-2-3-9-8(6-7)10(16)15-11(17)14-9;/h2-3,6,13H,1,4-5,12H2,(H2,14,15,16,17);1H. The smallest absolute Gasteiger partial charge is 0.326 e. The Hall–Kier alpha value is -1.68. The molecule has 1 aromatic carbocycles. The number of hydrogen-bond donors (Lipinski definition) is 4. The lowest BCUT2D eigenvalue weighted by Gasteiger charge is -2.06. The van der Waals surface area contributed by atoms with Gasteiger partial charge in [0.15, 0.2) is 0 Å². The van der Waals surface area contributed by atoms with E-state index in [1.165, 1.54) is 18.2 Å². The number of fused-ring (bicyclic) bond motifs is 1. The molecule has 0 saturated heterocycles. The normalized spacial score (nSPS) is 11.3. The minimum Gasteiger partial charge on any atom is -0.330 e. The van der Waals surface area contributed by atoms with E-state index in [2.05, 4.69) is 9.71 Å². The molecular formula is C11H15ClN4O4S. The first-order chi connectivity index (χ1) is 9.44. The van der Waals surface area contributed by atoms with E-state index in [0.717, 1.165) is 0 Å². The number of sulfonamides is 1. The van der Waals surface area contributed by atoms with Gasteiger partial charge in [0, 0.05) is 6.54 Å². The fourth-order valence-electron chi connectivity index (χ4n) is 1.70. The average Bonchev–Trinajstić information content (AvgIpc) is 2.38. The number of nitrogens with two attached hydrogens (primary N) is 1. The first-order valence-corrected chi connectivity index (χ1v) is 7.38. The van der Waals surface area contributed by atoms with Crippen LogP contribution in [0.25, 0.3) is 10.9 Å². The molecule has 0 atom stereocenters. The molecule has 0 fully saturated rings. The van der Waals surface area contributed by atoms with Gasteiger partial charge in [0.05, 0.1) is 15.8 Å². The van der Waals surface area contributed by atoms with Crippen LogP contribution in [0.2, 0.25) is 0 Å². The van der Waals surface area contributed by atoms with Crippen LogP contribution in [-0.2, 0) is 10.0 Å². The second-order valence-corrected chi connectivity index (χ2v) is 5.92. The molecule has 1 aromatic heterocycles. The maximum atomic E-state index is 12.0. The van der Waals surface area contributed by atoms with Gasteiger partial charge in [-0.2, -0.15) is 0 Å². The summed E-state index contributed by atoms with van der Waals surface area (Å²) in [6, 6.07) is 3.92. The summed E-state index contributed by atoms with van der Waals surface area (Å²) in [4.78, 5) is 27.2. The summed E-state index contributed by atoms with van der Waals surface area (Å²) in [6.07, 6.45) is 0.515. The van der Waals surface area contributed by atoms with E-state index in [-0.39, 0.29) is 34.8 Å². The summed E-state index contributed by atoms with van der Waals surface area (Å²) < 4.78 is 26.4. The number of halogens is 1. The van der Waals surface area contributed by atoms with E-state index in [1.807, 2.05) is 4.98 Å². The topological polar surface area (TPSA) is 138 Å². The number of H-pyrrole nitrogens is 2. The Kier molecular flexibility index (Phi) is 5.67. The summed E-state index contributed by atoms with van der Waals surface area (Å²) in [6.45, 7) is 0.597. The fraction of sp³-hybridized carbons (Fsp3) is 0.273. The number of benzene rings is 1. The summed E-state index contributed by atoms with van der Waals surface area (Å²) in [5.74, 6) is 0. The molecule has 0 amide bonds. The first-order valence-electron chi connectivity index (χ1n) is 5.90. The van der Waals surface area contributed by atoms with Crippen LogP contribution in [0, 0.1) is 0 Å². The molecule has 10 heteroatoms. The predicted molar refractivity (Wildman–Crippen MR) is 81.3 cm³/mol. The molecule has 2 aromatic rings. The van der Waals surface area contributed by atoms with E-state index < -0.39 is 21.3 Å². The Morgan fingerprint density at radius 1 is 1.19 bits per heavy atom. The number of nitrogens with one attached hydrogen (secondary N) is 3. The zero-order chi connectivity index (χ0) is 14.8. The quantitative estimate of drug-likeness (QED) is 0.534. The molecule has 0 bridgehead atoms. The lowest BCUT2D eigenvalue weighted by Crippen LogP contribution is -2.27. The summed E-state index contributed by atoms with van der Waals surface area (Å²) >= 11 is 0. The third-order valence-corrected chi connectivity index (χ3v) is 4.15. The highest BCUT2D eigenvalue weighted by Gasteiger charge is 2.14. The first kappa shape index (κ1) is 17.4. The Morgan fingerprint density at radius 2 is 1.90 bits per heavy atom. The van der Waals surface area contributed by atoms with E-state index >= 15 is 0 Å². The van der Waals surface area contributed by atoms with Crippen LogP contribution in [-0.4, -0.2) is 31.5 Å². The minimum absolute atomic E-state index is 0. The fourth-order valence-corrected chi connectivity index (χ4v) is 2.80. The van der Waals surface area contributed by atoms with Gasteiger partial charge < -0.3 is 10.7 Å². The Bertz CT molecular complexity index is 843. The second kappa shape index (κ2) is 6.85. The van der Waals surface area contributed by atoms with Crippen molar-refractivity contribution in [3.05, 3.63) is 39.0 Å². The van der Waals surface area contributed by atoms with Gasteiger partial charge in [0.1, 0.15) is 0 Å². The van der Waals surface area contributed by atoms with Crippen molar-refractivity contribution in [3.8, 4) is 0 Å². The molecule has 8 nitrogen and oxygen atoms in total. The average molecular weight is 335 g/mol. The highest BCUT2D eigenvalue weighted by Crippen LogP contribution is 2.13. The van der Waals surface area contributed by atoms with Crippen molar-refractivity contribution >= 4 is 33.3 Å². The van der Waals surface area contributed by atoms with Crippen LogP contribution < -0.4 is 21.7 Å². The molecule has 1 heterocycles. The molecule has 116 valence electrons. The number of aromatic amines is 2. The van der Waals surface area contributed by atoms with Crippen LogP contribution in [0.4, 0.5) is 0 Å². The van der Waals surface area contributed by atoms with Gasteiger partial charge in [-0.1, -0.05) is 0 Å². The highest BCUT2D eigenvalue weighted by molar-refractivity contribution is 7.89. The molecule has 0 aliphatic carbocycles. The SMILES string of the molecule is Cl.NCCCNS(=O)(=O)c1ccc2[nH]c(=O)[nH]c(=O)c2c1.